The first-order valence-electron chi connectivity index (χ1n) is 5.71. The molecule has 2 rings (SSSR count). The van der Waals surface area contributed by atoms with Gasteiger partial charge in [0.15, 0.2) is 0 Å². The molecular weight excluding hydrogens is 234 g/mol. The molecule has 98 valence electrons. The Balaban J connectivity index is 2.16. The number of nitrogens with zero attached hydrogens (tertiary/aromatic N) is 1. The lowest BCUT2D eigenvalue weighted by molar-refractivity contribution is 0.0635. The maximum Gasteiger partial charge on any atom is 0.413 e. The molecule has 0 bridgehead atoms. The number of anilines is 2. The van der Waals surface area contributed by atoms with Crippen molar-refractivity contribution in [1.29, 1.82) is 0 Å². The Bertz CT molecular complexity index is 480. The number of nitrogen functional groups attached to an aromatic ring is 1. The van der Waals surface area contributed by atoms with Crippen molar-refractivity contribution in [2.45, 2.75) is 39.6 Å². The van der Waals surface area contributed by atoms with Gasteiger partial charge in [0.25, 0.3) is 0 Å². The number of hydrogen-bond donors (Lipinski definition) is 2. The Morgan fingerprint density at radius 3 is 2.78 bits per heavy atom. The Morgan fingerprint density at radius 1 is 1.44 bits per heavy atom. The van der Waals surface area contributed by atoms with Crippen LogP contribution < -0.4 is 11.1 Å². The Hall–Kier alpha value is -1.82. The van der Waals surface area contributed by atoms with Crippen LogP contribution in [-0.2, 0) is 22.7 Å². The van der Waals surface area contributed by atoms with Gasteiger partial charge < -0.3 is 15.2 Å². The summed E-state index contributed by atoms with van der Waals surface area (Å²) >= 11 is 0. The zero-order valence-electron chi connectivity index (χ0n) is 10.7. The van der Waals surface area contributed by atoms with E-state index >= 15 is 0 Å². The maximum atomic E-state index is 11.7. The first-order chi connectivity index (χ1) is 8.37. The molecule has 0 atom stereocenters. The average Bonchev–Trinajstić information content (AvgIpc) is 2.69. The third kappa shape index (κ3) is 2.70. The number of fused-ring (bicyclic) bond motifs is 1. The summed E-state index contributed by atoms with van der Waals surface area (Å²) in [7, 11) is 0. The summed E-state index contributed by atoms with van der Waals surface area (Å²) in [4.78, 5) is 15.8. The van der Waals surface area contributed by atoms with E-state index in [1.165, 1.54) is 6.20 Å². The summed E-state index contributed by atoms with van der Waals surface area (Å²) in [5.74, 6) is 0.450. The molecule has 1 amide bonds. The summed E-state index contributed by atoms with van der Waals surface area (Å²) in [6, 6.07) is 0. The predicted molar refractivity (Wildman–Crippen MR) is 67.0 cm³/mol. The fourth-order valence-corrected chi connectivity index (χ4v) is 1.70. The number of carbonyl (C=O) groups excluding carboxylic acids is 1. The fraction of sp³-hybridized carbons (Fsp3) is 0.500. The molecule has 18 heavy (non-hydrogen) atoms. The highest BCUT2D eigenvalue weighted by molar-refractivity contribution is 5.85. The first-order valence-corrected chi connectivity index (χ1v) is 5.71. The SMILES string of the molecule is CC(C)(C)OC(=O)Nc1ncc(N)c2c1COC2. The number of ether oxygens (including phenoxy) is 2. The normalized spacial score (nSPS) is 14.2. The molecule has 0 spiro atoms. The first kappa shape index (κ1) is 12.6. The van der Waals surface area contributed by atoms with Crippen molar-refractivity contribution in [2.24, 2.45) is 0 Å². The summed E-state index contributed by atoms with van der Waals surface area (Å²) in [5.41, 5.74) is 7.53. The van der Waals surface area contributed by atoms with Crippen LogP contribution in [0.1, 0.15) is 31.9 Å². The second kappa shape index (κ2) is 4.45. The molecule has 1 aromatic rings. The molecule has 2 heterocycles. The predicted octanol–water partition coefficient (Wildman–Crippen LogP) is 2.04. The van der Waals surface area contributed by atoms with E-state index in [0.29, 0.717) is 24.7 Å². The van der Waals surface area contributed by atoms with Crippen LogP contribution in [0.2, 0.25) is 0 Å². The van der Waals surface area contributed by atoms with Gasteiger partial charge >= 0.3 is 6.09 Å². The van der Waals surface area contributed by atoms with E-state index in [1.54, 1.807) is 20.8 Å². The zero-order valence-corrected chi connectivity index (χ0v) is 10.7. The second-order valence-corrected chi connectivity index (χ2v) is 5.14. The van der Waals surface area contributed by atoms with Crippen molar-refractivity contribution in [1.82, 2.24) is 4.98 Å². The van der Waals surface area contributed by atoms with Gasteiger partial charge in [-0.3, -0.25) is 5.32 Å². The van der Waals surface area contributed by atoms with Crippen molar-refractivity contribution in [2.75, 3.05) is 11.1 Å². The van der Waals surface area contributed by atoms with Gasteiger partial charge in [0.05, 0.1) is 25.1 Å². The third-order valence-electron chi connectivity index (χ3n) is 2.44. The number of amides is 1. The minimum Gasteiger partial charge on any atom is -0.444 e. The van der Waals surface area contributed by atoms with E-state index < -0.39 is 11.7 Å². The van der Waals surface area contributed by atoms with Crippen LogP contribution in [0, 0.1) is 0 Å². The highest BCUT2D eigenvalue weighted by atomic mass is 16.6. The lowest BCUT2D eigenvalue weighted by Crippen LogP contribution is -2.27. The van der Waals surface area contributed by atoms with E-state index in [0.717, 1.165) is 11.1 Å². The number of nitrogens with one attached hydrogen (secondary N) is 1. The highest BCUT2D eigenvalue weighted by Gasteiger charge is 2.22. The molecule has 3 N–H and O–H groups in total. The highest BCUT2D eigenvalue weighted by Crippen LogP contribution is 2.29. The molecule has 0 saturated carbocycles. The van der Waals surface area contributed by atoms with Crippen LogP contribution in [0.3, 0.4) is 0 Å². The van der Waals surface area contributed by atoms with Crippen LogP contribution in [0.25, 0.3) is 0 Å². The van der Waals surface area contributed by atoms with Crippen molar-refractivity contribution in [3.8, 4) is 0 Å². The Kier molecular flexibility index (Phi) is 3.13. The molecule has 0 saturated heterocycles. The van der Waals surface area contributed by atoms with Crippen molar-refractivity contribution < 1.29 is 14.3 Å². The van der Waals surface area contributed by atoms with Gasteiger partial charge in [-0.2, -0.15) is 0 Å². The molecule has 0 aliphatic carbocycles. The number of nitrogens with two attached hydrogens (primary N) is 1. The van der Waals surface area contributed by atoms with Crippen LogP contribution in [0.5, 0.6) is 0 Å². The molecule has 1 aliphatic heterocycles. The second-order valence-electron chi connectivity index (χ2n) is 5.14. The molecule has 1 aliphatic rings. The number of pyridine rings is 1. The molecule has 1 aromatic heterocycles. The molecular formula is C12H17N3O3. The van der Waals surface area contributed by atoms with E-state index in [9.17, 15) is 4.79 Å². The van der Waals surface area contributed by atoms with Crippen molar-refractivity contribution >= 4 is 17.6 Å². The van der Waals surface area contributed by atoms with Crippen LogP contribution in [0.4, 0.5) is 16.3 Å². The summed E-state index contributed by atoms with van der Waals surface area (Å²) in [6.07, 6.45) is 0.981. The summed E-state index contributed by atoms with van der Waals surface area (Å²) in [6.45, 7) is 6.26. The topological polar surface area (TPSA) is 86.5 Å². The monoisotopic (exact) mass is 251 g/mol. The summed E-state index contributed by atoms with van der Waals surface area (Å²) < 4.78 is 10.5. The molecule has 0 radical (unpaired) electrons. The summed E-state index contributed by atoms with van der Waals surface area (Å²) in [5, 5.41) is 2.62. The smallest absolute Gasteiger partial charge is 0.413 e. The average molecular weight is 251 g/mol. The Morgan fingerprint density at radius 2 is 2.11 bits per heavy atom. The van der Waals surface area contributed by atoms with Gasteiger partial charge in [0.2, 0.25) is 0 Å². The molecule has 6 nitrogen and oxygen atoms in total. The van der Waals surface area contributed by atoms with Crippen molar-refractivity contribution in [3.63, 3.8) is 0 Å². The van der Waals surface area contributed by atoms with Crippen molar-refractivity contribution in [3.05, 3.63) is 17.3 Å². The zero-order chi connectivity index (χ0) is 13.3. The lowest BCUT2D eigenvalue weighted by atomic mass is 10.1. The number of hydrogen-bond acceptors (Lipinski definition) is 5. The van der Waals surface area contributed by atoms with E-state index in [1.807, 2.05) is 0 Å². The quantitative estimate of drug-likeness (QED) is 0.797. The number of aromatic nitrogens is 1. The van der Waals surface area contributed by atoms with Gasteiger partial charge in [0, 0.05) is 11.1 Å². The number of rotatable bonds is 1. The lowest BCUT2D eigenvalue weighted by Gasteiger charge is -2.20. The van der Waals surface area contributed by atoms with Crippen LogP contribution >= 0.6 is 0 Å². The van der Waals surface area contributed by atoms with Gasteiger partial charge in [-0.1, -0.05) is 0 Å². The van der Waals surface area contributed by atoms with E-state index in [-0.39, 0.29) is 0 Å². The van der Waals surface area contributed by atoms with E-state index in [2.05, 4.69) is 10.3 Å². The number of carbonyl (C=O) groups is 1. The van der Waals surface area contributed by atoms with Crippen LogP contribution in [-0.4, -0.2) is 16.7 Å². The molecule has 0 aromatic carbocycles. The molecule has 6 heteroatoms. The maximum absolute atomic E-state index is 11.7. The Labute approximate surface area is 105 Å². The van der Waals surface area contributed by atoms with Gasteiger partial charge in [0.1, 0.15) is 11.4 Å². The minimum absolute atomic E-state index is 0.401. The van der Waals surface area contributed by atoms with Gasteiger partial charge in [-0.25, -0.2) is 9.78 Å². The van der Waals surface area contributed by atoms with Crippen LogP contribution in [0.15, 0.2) is 6.20 Å². The third-order valence-corrected chi connectivity index (χ3v) is 2.44. The fourth-order valence-electron chi connectivity index (χ4n) is 1.70. The van der Waals surface area contributed by atoms with Gasteiger partial charge in [-0.05, 0) is 20.8 Å². The minimum atomic E-state index is -0.544. The molecule has 0 unspecified atom stereocenters. The largest absolute Gasteiger partial charge is 0.444 e. The molecule has 0 fully saturated rings. The van der Waals surface area contributed by atoms with E-state index in [4.69, 9.17) is 15.2 Å². The standard InChI is InChI=1S/C12H17N3O3/c1-12(2,3)18-11(16)15-10-8-6-17-5-7(8)9(13)4-14-10/h4H,5-6,13H2,1-3H3,(H,14,15,16). The van der Waals surface area contributed by atoms with Gasteiger partial charge in [-0.15, -0.1) is 0 Å².